The average molecular weight is 434 g/mol. The van der Waals surface area contributed by atoms with E-state index in [1.807, 2.05) is 19.1 Å². The number of ketones is 1. The van der Waals surface area contributed by atoms with Crippen LogP contribution < -0.4 is 9.64 Å². The fourth-order valence-corrected chi connectivity index (χ4v) is 3.83. The van der Waals surface area contributed by atoms with E-state index in [4.69, 9.17) is 16.3 Å². The van der Waals surface area contributed by atoms with Gasteiger partial charge in [-0.25, -0.2) is 0 Å². The summed E-state index contributed by atoms with van der Waals surface area (Å²) in [4.78, 5) is 27.6. The van der Waals surface area contributed by atoms with Gasteiger partial charge in [0, 0.05) is 16.3 Å². The van der Waals surface area contributed by atoms with Gasteiger partial charge in [0.05, 0.1) is 18.2 Å². The highest BCUT2D eigenvalue weighted by Crippen LogP contribution is 2.42. The second kappa shape index (κ2) is 8.66. The molecule has 1 amide bonds. The molecule has 1 aliphatic heterocycles. The SMILES string of the molecule is CCOc1cccc(C2/C(=C(/O)c3ccc(Cl)cc3)C(=O)C(=O)N2c2ccccc2)c1. The number of aliphatic hydroxyl groups is 1. The Kier molecular flexibility index (Phi) is 5.78. The highest BCUT2D eigenvalue weighted by Gasteiger charge is 2.47. The first-order chi connectivity index (χ1) is 15.0. The summed E-state index contributed by atoms with van der Waals surface area (Å²) in [5.41, 5.74) is 1.64. The van der Waals surface area contributed by atoms with Crippen molar-refractivity contribution in [2.75, 3.05) is 11.5 Å². The molecular formula is C25H20ClNO4. The van der Waals surface area contributed by atoms with E-state index in [2.05, 4.69) is 0 Å². The first kappa shape index (κ1) is 20.7. The van der Waals surface area contributed by atoms with Crippen LogP contribution in [-0.2, 0) is 9.59 Å². The second-order valence-electron chi connectivity index (χ2n) is 7.02. The number of amides is 1. The molecule has 0 spiro atoms. The number of benzene rings is 3. The summed E-state index contributed by atoms with van der Waals surface area (Å²) in [6.45, 7) is 2.36. The van der Waals surface area contributed by atoms with Crippen molar-refractivity contribution in [1.29, 1.82) is 0 Å². The Morgan fingerprint density at radius 2 is 1.71 bits per heavy atom. The molecule has 3 aromatic carbocycles. The number of anilines is 1. The van der Waals surface area contributed by atoms with Gasteiger partial charge in [0.2, 0.25) is 0 Å². The van der Waals surface area contributed by atoms with Crippen LogP contribution in [0, 0.1) is 0 Å². The van der Waals surface area contributed by atoms with Crippen LogP contribution >= 0.6 is 11.6 Å². The van der Waals surface area contributed by atoms with Gasteiger partial charge in [-0.05, 0) is 61.0 Å². The molecule has 1 fully saturated rings. The number of ether oxygens (including phenoxy) is 1. The molecule has 3 aromatic rings. The quantitative estimate of drug-likeness (QED) is 0.334. The lowest BCUT2D eigenvalue weighted by Crippen LogP contribution is -2.29. The van der Waals surface area contributed by atoms with Gasteiger partial charge in [0.15, 0.2) is 0 Å². The van der Waals surface area contributed by atoms with E-state index in [1.165, 1.54) is 4.90 Å². The Morgan fingerprint density at radius 1 is 1.00 bits per heavy atom. The summed E-state index contributed by atoms with van der Waals surface area (Å²) in [6.07, 6.45) is 0. The van der Waals surface area contributed by atoms with E-state index in [0.29, 0.717) is 34.2 Å². The lowest BCUT2D eigenvalue weighted by molar-refractivity contribution is -0.132. The number of hydrogen-bond donors (Lipinski definition) is 1. The zero-order chi connectivity index (χ0) is 22.0. The van der Waals surface area contributed by atoms with Gasteiger partial charge < -0.3 is 9.84 Å². The minimum Gasteiger partial charge on any atom is -0.507 e. The standard InChI is InChI=1S/C25H20ClNO4/c1-2-31-20-10-6-7-17(15-20)22-21(23(28)16-11-13-18(26)14-12-16)24(29)25(30)27(22)19-8-4-3-5-9-19/h3-15,22,28H,2H2,1H3/b23-21-. The Labute approximate surface area is 185 Å². The average Bonchev–Trinajstić information content (AvgIpc) is 3.05. The first-order valence-corrected chi connectivity index (χ1v) is 10.2. The number of rotatable bonds is 5. The molecule has 5 nitrogen and oxygen atoms in total. The molecule has 1 unspecified atom stereocenters. The summed E-state index contributed by atoms with van der Waals surface area (Å²) >= 11 is 5.96. The Balaban J connectivity index is 1.93. The Morgan fingerprint density at radius 3 is 2.39 bits per heavy atom. The van der Waals surface area contributed by atoms with Crippen LogP contribution in [0.2, 0.25) is 5.02 Å². The van der Waals surface area contributed by atoms with Crippen LogP contribution in [0.3, 0.4) is 0 Å². The van der Waals surface area contributed by atoms with E-state index in [1.54, 1.807) is 66.7 Å². The number of halogens is 1. The molecule has 4 rings (SSSR count). The summed E-state index contributed by atoms with van der Waals surface area (Å²) in [5, 5.41) is 11.6. The van der Waals surface area contributed by atoms with E-state index >= 15 is 0 Å². The topological polar surface area (TPSA) is 66.8 Å². The van der Waals surface area contributed by atoms with Crippen molar-refractivity contribution in [2.45, 2.75) is 13.0 Å². The highest BCUT2D eigenvalue weighted by molar-refractivity contribution is 6.51. The van der Waals surface area contributed by atoms with Crippen LogP contribution in [0.1, 0.15) is 24.1 Å². The number of para-hydroxylation sites is 1. The maximum atomic E-state index is 13.1. The predicted molar refractivity (Wildman–Crippen MR) is 120 cm³/mol. The molecule has 0 aromatic heterocycles. The van der Waals surface area contributed by atoms with Gasteiger partial charge in [-0.1, -0.05) is 41.9 Å². The third-order valence-electron chi connectivity index (χ3n) is 5.08. The minimum atomic E-state index is -0.807. The summed E-state index contributed by atoms with van der Waals surface area (Å²) in [6, 6.07) is 21.8. The molecule has 0 saturated carbocycles. The molecule has 1 N–H and O–H groups in total. The maximum absolute atomic E-state index is 13.1. The zero-order valence-corrected chi connectivity index (χ0v) is 17.5. The molecule has 1 heterocycles. The number of aliphatic hydroxyl groups excluding tert-OH is 1. The van der Waals surface area contributed by atoms with Crippen molar-refractivity contribution in [3.8, 4) is 5.75 Å². The van der Waals surface area contributed by atoms with Gasteiger partial charge in [-0.2, -0.15) is 0 Å². The molecule has 0 radical (unpaired) electrons. The van der Waals surface area contributed by atoms with Crippen LogP contribution in [0.25, 0.3) is 5.76 Å². The smallest absolute Gasteiger partial charge is 0.300 e. The van der Waals surface area contributed by atoms with Crippen molar-refractivity contribution in [3.63, 3.8) is 0 Å². The fraction of sp³-hybridized carbons (Fsp3) is 0.120. The van der Waals surface area contributed by atoms with Crippen LogP contribution in [0.4, 0.5) is 5.69 Å². The van der Waals surface area contributed by atoms with Gasteiger partial charge >= 0.3 is 0 Å². The molecule has 6 heteroatoms. The molecule has 0 bridgehead atoms. The van der Waals surface area contributed by atoms with Crippen molar-refractivity contribution in [2.24, 2.45) is 0 Å². The van der Waals surface area contributed by atoms with Crippen LogP contribution in [0.5, 0.6) is 5.75 Å². The van der Waals surface area contributed by atoms with E-state index < -0.39 is 17.7 Å². The van der Waals surface area contributed by atoms with Gasteiger partial charge in [0.25, 0.3) is 11.7 Å². The number of carbonyl (C=O) groups excluding carboxylic acids is 2. The second-order valence-corrected chi connectivity index (χ2v) is 7.45. The van der Waals surface area contributed by atoms with E-state index in [9.17, 15) is 14.7 Å². The summed E-state index contributed by atoms with van der Waals surface area (Å²) in [5.74, 6) is -1.08. The fourth-order valence-electron chi connectivity index (χ4n) is 3.71. The van der Waals surface area contributed by atoms with Gasteiger partial charge in [-0.15, -0.1) is 0 Å². The maximum Gasteiger partial charge on any atom is 0.300 e. The molecule has 1 aliphatic rings. The Bertz CT molecular complexity index is 1160. The van der Waals surface area contributed by atoms with Crippen molar-refractivity contribution < 1.29 is 19.4 Å². The predicted octanol–water partition coefficient (Wildman–Crippen LogP) is 5.37. The molecule has 1 atom stereocenters. The number of hydrogen-bond acceptors (Lipinski definition) is 4. The van der Waals surface area contributed by atoms with Crippen molar-refractivity contribution >= 4 is 34.7 Å². The molecule has 31 heavy (non-hydrogen) atoms. The number of nitrogens with zero attached hydrogens (tertiary/aromatic N) is 1. The lowest BCUT2D eigenvalue weighted by Gasteiger charge is -2.25. The molecular weight excluding hydrogens is 414 g/mol. The number of Topliss-reactive ketones (excluding diaryl/α,β-unsaturated/α-hetero) is 1. The van der Waals surface area contributed by atoms with Crippen LogP contribution in [-0.4, -0.2) is 23.4 Å². The van der Waals surface area contributed by atoms with Crippen molar-refractivity contribution in [1.82, 2.24) is 0 Å². The molecule has 0 aliphatic carbocycles. The number of carbonyl (C=O) groups is 2. The highest BCUT2D eigenvalue weighted by atomic mass is 35.5. The third-order valence-corrected chi connectivity index (χ3v) is 5.33. The van der Waals surface area contributed by atoms with Gasteiger partial charge in [-0.3, -0.25) is 14.5 Å². The third kappa shape index (κ3) is 3.92. The summed E-state index contributed by atoms with van der Waals surface area (Å²) < 4.78 is 5.61. The van der Waals surface area contributed by atoms with E-state index in [0.717, 1.165) is 0 Å². The van der Waals surface area contributed by atoms with Crippen LogP contribution in [0.15, 0.2) is 84.4 Å². The largest absolute Gasteiger partial charge is 0.507 e. The van der Waals surface area contributed by atoms with Gasteiger partial charge in [0.1, 0.15) is 11.5 Å². The lowest BCUT2D eigenvalue weighted by atomic mass is 9.95. The normalized spacial score (nSPS) is 17.7. The monoisotopic (exact) mass is 433 g/mol. The van der Waals surface area contributed by atoms with Crippen molar-refractivity contribution in [3.05, 3.63) is 101 Å². The van der Waals surface area contributed by atoms with E-state index in [-0.39, 0.29) is 11.3 Å². The molecule has 1 saturated heterocycles. The zero-order valence-electron chi connectivity index (χ0n) is 16.8. The Hall–Kier alpha value is -3.57. The molecule has 156 valence electrons. The first-order valence-electron chi connectivity index (χ1n) is 9.86. The minimum absolute atomic E-state index is 0.0184. The summed E-state index contributed by atoms with van der Waals surface area (Å²) in [7, 11) is 0.